The molecule has 0 aromatic rings. The maximum atomic E-state index is 11.4. The molecule has 0 aliphatic carbocycles. The number of amides is 1. The van der Waals surface area contributed by atoms with E-state index in [2.05, 4.69) is 10.6 Å². The van der Waals surface area contributed by atoms with Crippen molar-refractivity contribution in [1.29, 1.82) is 0 Å². The van der Waals surface area contributed by atoms with Crippen molar-refractivity contribution in [3.63, 3.8) is 0 Å². The number of halogens is 1. The Kier molecular flexibility index (Phi) is 9.68. The Balaban J connectivity index is 0.00000225. The summed E-state index contributed by atoms with van der Waals surface area (Å²) in [6, 6.07) is 0. The summed E-state index contributed by atoms with van der Waals surface area (Å²) in [5.74, 6) is 0.154. The Labute approximate surface area is 104 Å². The van der Waals surface area contributed by atoms with Crippen molar-refractivity contribution < 1.29 is 9.53 Å². The second-order valence-corrected chi connectivity index (χ2v) is 3.98. The van der Waals surface area contributed by atoms with Crippen LogP contribution in [-0.2, 0) is 9.53 Å². The van der Waals surface area contributed by atoms with Gasteiger partial charge in [-0.2, -0.15) is 0 Å². The smallest absolute Gasteiger partial charge is 0.220 e. The summed E-state index contributed by atoms with van der Waals surface area (Å²) in [7, 11) is 1.92. The van der Waals surface area contributed by atoms with E-state index in [0.717, 1.165) is 45.4 Å². The van der Waals surface area contributed by atoms with Gasteiger partial charge in [-0.3, -0.25) is 4.79 Å². The van der Waals surface area contributed by atoms with E-state index in [1.165, 1.54) is 0 Å². The standard InChI is InChI=1S/C11H22N2O2.ClH/c1-12-7-3-8-13-11(14)6-5-10-4-2-9-15-10;/h10,12H,2-9H2,1H3,(H,13,14);1H. The zero-order valence-electron chi connectivity index (χ0n) is 9.96. The molecule has 2 N–H and O–H groups in total. The van der Waals surface area contributed by atoms with Crippen molar-refractivity contribution in [2.45, 2.75) is 38.2 Å². The zero-order chi connectivity index (χ0) is 10.9. The summed E-state index contributed by atoms with van der Waals surface area (Å²) < 4.78 is 5.46. The van der Waals surface area contributed by atoms with Gasteiger partial charge in [-0.25, -0.2) is 0 Å². The van der Waals surface area contributed by atoms with Gasteiger partial charge in [-0.15, -0.1) is 12.4 Å². The minimum Gasteiger partial charge on any atom is -0.378 e. The summed E-state index contributed by atoms with van der Waals surface area (Å²) in [5, 5.41) is 5.95. The van der Waals surface area contributed by atoms with Crippen LogP contribution in [0.1, 0.15) is 32.1 Å². The number of carbonyl (C=O) groups excluding carboxylic acids is 1. The molecule has 0 aromatic heterocycles. The molecule has 1 unspecified atom stereocenters. The van der Waals surface area contributed by atoms with Crippen molar-refractivity contribution in [1.82, 2.24) is 10.6 Å². The average molecular weight is 251 g/mol. The Hall–Kier alpha value is -0.320. The molecular weight excluding hydrogens is 228 g/mol. The summed E-state index contributed by atoms with van der Waals surface area (Å²) in [5.41, 5.74) is 0. The fourth-order valence-corrected chi connectivity index (χ4v) is 1.75. The molecule has 0 bridgehead atoms. The average Bonchev–Trinajstić information content (AvgIpc) is 2.74. The third-order valence-electron chi connectivity index (χ3n) is 2.64. The van der Waals surface area contributed by atoms with Crippen LogP contribution in [0.2, 0.25) is 0 Å². The van der Waals surface area contributed by atoms with Gasteiger partial charge in [0.15, 0.2) is 0 Å². The molecule has 1 aliphatic heterocycles. The van der Waals surface area contributed by atoms with Crippen LogP contribution in [0.15, 0.2) is 0 Å². The quantitative estimate of drug-likeness (QED) is 0.666. The van der Waals surface area contributed by atoms with Gasteiger partial charge >= 0.3 is 0 Å². The fraction of sp³-hybridized carbons (Fsp3) is 0.909. The lowest BCUT2D eigenvalue weighted by molar-refractivity contribution is -0.121. The van der Waals surface area contributed by atoms with E-state index < -0.39 is 0 Å². The van der Waals surface area contributed by atoms with Crippen molar-refractivity contribution in [2.24, 2.45) is 0 Å². The highest BCUT2D eigenvalue weighted by Gasteiger charge is 2.16. The number of nitrogens with one attached hydrogen (secondary N) is 2. The van der Waals surface area contributed by atoms with E-state index >= 15 is 0 Å². The van der Waals surface area contributed by atoms with E-state index in [1.54, 1.807) is 0 Å². The van der Waals surface area contributed by atoms with Gasteiger partial charge in [-0.1, -0.05) is 0 Å². The summed E-state index contributed by atoms with van der Waals surface area (Å²) in [6.45, 7) is 2.59. The molecule has 4 nitrogen and oxygen atoms in total. The molecule has 1 heterocycles. The largest absolute Gasteiger partial charge is 0.378 e. The van der Waals surface area contributed by atoms with E-state index in [-0.39, 0.29) is 18.3 Å². The van der Waals surface area contributed by atoms with Gasteiger partial charge < -0.3 is 15.4 Å². The first-order chi connectivity index (χ1) is 7.33. The van der Waals surface area contributed by atoms with Crippen LogP contribution in [0.3, 0.4) is 0 Å². The first-order valence-electron chi connectivity index (χ1n) is 5.86. The number of hydrogen-bond donors (Lipinski definition) is 2. The minimum atomic E-state index is 0. The summed E-state index contributed by atoms with van der Waals surface area (Å²) in [6.07, 6.45) is 5.05. The highest BCUT2D eigenvalue weighted by Crippen LogP contribution is 2.16. The maximum Gasteiger partial charge on any atom is 0.220 e. The van der Waals surface area contributed by atoms with Gasteiger partial charge in [0.05, 0.1) is 6.10 Å². The number of rotatable bonds is 7. The van der Waals surface area contributed by atoms with E-state index in [0.29, 0.717) is 12.5 Å². The molecule has 1 fully saturated rings. The van der Waals surface area contributed by atoms with Gasteiger partial charge in [0.2, 0.25) is 5.91 Å². The summed E-state index contributed by atoms with van der Waals surface area (Å²) >= 11 is 0. The normalized spacial score (nSPS) is 19.2. The van der Waals surface area contributed by atoms with Crippen LogP contribution >= 0.6 is 12.4 Å². The van der Waals surface area contributed by atoms with Crippen LogP contribution in [0.4, 0.5) is 0 Å². The molecule has 0 saturated carbocycles. The van der Waals surface area contributed by atoms with Crippen molar-refractivity contribution in [3.8, 4) is 0 Å². The van der Waals surface area contributed by atoms with Crippen molar-refractivity contribution in [2.75, 3.05) is 26.7 Å². The van der Waals surface area contributed by atoms with Gasteiger partial charge in [-0.05, 0) is 39.3 Å². The SMILES string of the molecule is CNCCCNC(=O)CCC1CCCO1.Cl. The van der Waals surface area contributed by atoms with Crippen LogP contribution < -0.4 is 10.6 Å². The van der Waals surface area contributed by atoms with Crippen molar-refractivity contribution >= 4 is 18.3 Å². The minimum absolute atomic E-state index is 0. The van der Waals surface area contributed by atoms with E-state index in [4.69, 9.17) is 4.74 Å². The molecule has 1 saturated heterocycles. The second kappa shape index (κ2) is 9.87. The lowest BCUT2D eigenvalue weighted by Gasteiger charge is -2.09. The fourth-order valence-electron chi connectivity index (χ4n) is 1.75. The Morgan fingerprint density at radius 2 is 2.25 bits per heavy atom. The molecule has 16 heavy (non-hydrogen) atoms. The first kappa shape index (κ1) is 15.7. The maximum absolute atomic E-state index is 11.4. The molecule has 1 aliphatic rings. The molecule has 0 spiro atoms. The molecule has 1 rings (SSSR count). The van der Waals surface area contributed by atoms with E-state index in [9.17, 15) is 4.79 Å². The van der Waals surface area contributed by atoms with Gasteiger partial charge in [0.25, 0.3) is 0 Å². The molecule has 5 heteroatoms. The molecule has 96 valence electrons. The summed E-state index contributed by atoms with van der Waals surface area (Å²) in [4.78, 5) is 11.4. The number of ether oxygens (including phenoxy) is 1. The Morgan fingerprint density at radius 1 is 1.44 bits per heavy atom. The first-order valence-corrected chi connectivity index (χ1v) is 5.86. The number of hydrogen-bond acceptors (Lipinski definition) is 3. The Morgan fingerprint density at radius 3 is 2.88 bits per heavy atom. The van der Waals surface area contributed by atoms with Crippen LogP contribution in [0, 0.1) is 0 Å². The topological polar surface area (TPSA) is 50.4 Å². The van der Waals surface area contributed by atoms with E-state index in [1.807, 2.05) is 7.05 Å². The predicted molar refractivity (Wildman–Crippen MR) is 67.0 cm³/mol. The third kappa shape index (κ3) is 7.04. The van der Waals surface area contributed by atoms with Crippen LogP contribution in [-0.4, -0.2) is 38.8 Å². The second-order valence-electron chi connectivity index (χ2n) is 3.98. The lowest BCUT2D eigenvalue weighted by Crippen LogP contribution is -2.27. The van der Waals surface area contributed by atoms with Crippen molar-refractivity contribution in [3.05, 3.63) is 0 Å². The monoisotopic (exact) mass is 250 g/mol. The van der Waals surface area contributed by atoms with Crippen LogP contribution in [0.5, 0.6) is 0 Å². The molecule has 1 atom stereocenters. The number of carbonyl (C=O) groups is 1. The molecule has 0 radical (unpaired) electrons. The van der Waals surface area contributed by atoms with Gasteiger partial charge in [0, 0.05) is 19.6 Å². The third-order valence-corrected chi connectivity index (χ3v) is 2.64. The van der Waals surface area contributed by atoms with Gasteiger partial charge in [0.1, 0.15) is 0 Å². The lowest BCUT2D eigenvalue weighted by atomic mass is 10.1. The highest BCUT2D eigenvalue weighted by atomic mass is 35.5. The van der Waals surface area contributed by atoms with Crippen LogP contribution in [0.25, 0.3) is 0 Å². The predicted octanol–water partition coefficient (Wildman–Crippen LogP) is 1.09. The highest BCUT2D eigenvalue weighted by molar-refractivity contribution is 5.85. The molecular formula is C11H23ClN2O2. The molecule has 1 amide bonds. The Bertz CT molecular complexity index is 185. The molecule has 0 aromatic carbocycles. The zero-order valence-corrected chi connectivity index (χ0v) is 10.8.